The molecule has 2 aliphatic carbocycles. The monoisotopic (exact) mass is 344 g/mol. The summed E-state index contributed by atoms with van der Waals surface area (Å²) in [7, 11) is 0. The van der Waals surface area contributed by atoms with E-state index >= 15 is 0 Å². The number of anilines is 1. The average molecular weight is 344 g/mol. The standard InChI is InChI=1S/C19H28N4O2/c24-12-16-14-3-4-15(10-14)18(16)22-19(25)21-11-13-5-6-20-17(9-13)23-7-1-2-8-23/h5-6,9,14-16,18,24H,1-4,7-8,10-12H2,(H2,21,22,25). The van der Waals surface area contributed by atoms with E-state index in [2.05, 4.69) is 26.6 Å². The van der Waals surface area contributed by atoms with Gasteiger partial charge in [0.15, 0.2) is 0 Å². The summed E-state index contributed by atoms with van der Waals surface area (Å²) in [4.78, 5) is 19.1. The highest BCUT2D eigenvalue weighted by Gasteiger charge is 2.47. The molecule has 2 amide bonds. The Morgan fingerprint density at radius 1 is 1.28 bits per heavy atom. The van der Waals surface area contributed by atoms with E-state index in [1.54, 1.807) is 0 Å². The van der Waals surface area contributed by atoms with Gasteiger partial charge in [0, 0.05) is 44.4 Å². The van der Waals surface area contributed by atoms with Gasteiger partial charge in [0.25, 0.3) is 0 Å². The Hall–Kier alpha value is -1.82. The van der Waals surface area contributed by atoms with Crippen molar-refractivity contribution < 1.29 is 9.90 Å². The van der Waals surface area contributed by atoms with Gasteiger partial charge < -0.3 is 20.6 Å². The summed E-state index contributed by atoms with van der Waals surface area (Å²) >= 11 is 0. The molecule has 2 bridgehead atoms. The lowest BCUT2D eigenvalue weighted by molar-refractivity contribution is 0.144. The van der Waals surface area contributed by atoms with E-state index in [0.717, 1.165) is 30.9 Å². The molecule has 4 rings (SSSR count). The van der Waals surface area contributed by atoms with Crippen molar-refractivity contribution in [2.24, 2.45) is 17.8 Å². The number of rotatable bonds is 5. The molecule has 0 aromatic carbocycles. The fraction of sp³-hybridized carbons (Fsp3) is 0.684. The molecule has 3 aliphatic rings. The van der Waals surface area contributed by atoms with Crippen LogP contribution in [-0.4, -0.2) is 41.9 Å². The number of aliphatic hydroxyl groups is 1. The first kappa shape index (κ1) is 16.6. The third-order valence-corrected chi connectivity index (χ3v) is 6.29. The summed E-state index contributed by atoms with van der Waals surface area (Å²) in [5.74, 6) is 2.36. The zero-order valence-corrected chi connectivity index (χ0v) is 14.7. The van der Waals surface area contributed by atoms with E-state index in [-0.39, 0.29) is 24.6 Å². The molecule has 3 N–H and O–H groups in total. The van der Waals surface area contributed by atoms with Crippen LogP contribution in [0, 0.1) is 17.8 Å². The van der Waals surface area contributed by atoms with Crippen LogP contribution in [0.15, 0.2) is 18.3 Å². The van der Waals surface area contributed by atoms with Gasteiger partial charge >= 0.3 is 6.03 Å². The largest absolute Gasteiger partial charge is 0.396 e. The van der Waals surface area contributed by atoms with Crippen molar-refractivity contribution in [2.75, 3.05) is 24.6 Å². The quantitative estimate of drug-likeness (QED) is 0.762. The highest BCUT2D eigenvalue weighted by Crippen LogP contribution is 2.48. The minimum Gasteiger partial charge on any atom is -0.396 e. The summed E-state index contributed by atoms with van der Waals surface area (Å²) < 4.78 is 0. The molecule has 6 heteroatoms. The lowest BCUT2D eigenvalue weighted by Crippen LogP contribution is -2.48. The molecule has 25 heavy (non-hydrogen) atoms. The van der Waals surface area contributed by atoms with E-state index in [9.17, 15) is 9.90 Å². The smallest absolute Gasteiger partial charge is 0.315 e. The average Bonchev–Trinajstić information content (AvgIpc) is 3.37. The van der Waals surface area contributed by atoms with Crippen LogP contribution < -0.4 is 15.5 Å². The molecule has 2 heterocycles. The maximum atomic E-state index is 12.3. The fourth-order valence-corrected chi connectivity index (χ4v) is 4.97. The second-order valence-electron chi connectivity index (χ2n) is 7.75. The summed E-state index contributed by atoms with van der Waals surface area (Å²) in [6, 6.07) is 4.02. The number of aromatic nitrogens is 1. The Labute approximate surface area is 149 Å². The molecule has 136 valence electrons. The van der Waals surface area contributed by atoms with E-state index in [1.165, 1.54) is 25.7 Å². The Morgan fingerprint density at radius 3 is 2.88 bits per heavy atom. The number of pyridine rings is 1. The number of hydrogen-bond acceptors (Lipinski definition) is 4. The predicted octanol–water partition coefficient (Wildman–Crippen LogP) is 1.89. The van der Waals surface area contributed by atoms with Crippen LogP contribution >= 0.6 is 0 Å². The van der Waals surface area contributed by atoms with Gasteiger partial charge in [-0.1, -0.05) is 0 Å². The Bertz CT molecular complexity index is 617. The molecule has 1 aromatic heterocycles. The van der Waals surface area contributed by atoms with Gasteiger partial charge in [-0.15, -0.1) is 0 Å². The molecule has 1 aliphatic heterocycles. The second kappa shape index (κ2) is 7.20. The summed E-state index contributed by atoms with van der Waals surface area (Å²) in [6.45, 7) is 2.81. The molecular formula is C19H28N4O2. The zero-order chi connectivity index (χ0) is 17.2. The van der Waals surface area contributed by atoms with Crippen molar-refractivity contribution in [1.82, 2.24) is 15.6 Å². The van der Waals surface area contributed by atoms with E-state index in [4.69, 9.17) is 0 Å². The highest BCUT2D eigenvalue weighted by atomic mass is 16.3. The van der Waals surface area contributed by atoms with Crippen LogP contribution in [-0.2, 0) is 6.54 Å². The van der Waals surface area contributed by atoms with Crippen LogP contribution in [0.5, 0.6) is 0 Å². The van der Waals surface area contributed by atoms with Crippen LogP contribution in [0.1, 0.15) is 37.7 Å². The van der Waals surface area contributed by atoms with Gasteiger partial charge in [0.1, 0.15) is 5.82 Å². The summed E-state index contributed by atoms with van der Waals surface area (Å²) in [5.41, 5.74) is 1.07. The summed E-state index contributed by atoms with van der Waals surface area (Å²) in [6.07, 6.45) is 7.80. The minimum absolute atomic E-state index is 0.126. The number of carbonyl (C=O) groups excluding carboxylic acids is 1. The molecule has 0 spiro atoms. The molecule has 4 atom stereocenters. The van der Waals surface area contributed by atoms with E-state index in [1.807, 2.05) is 12.3 Å². The highest BCUT2D eigenvalue weighted by molar-refractivity contribution is 5.74. The van der Waals surface area contributed by atoms with Gasteiger partial charge in [0.05, 0.1) is 0 Å². The maximum Gasteiger partial charge on any atom is 0.315 e. The Kier molecular flexibility index (Phi) is 4.79. The van der Waals surface area contributed by atoms with Gasteiger partial charge in [0.2, 0.25) is 0 Å². The SMILES string of the molecule is O=C(NCc1ccnc(N2CCCC2)c1)NC1C2CCC(C2)C1CO. The van der Waals surface area contributed by atoms with Crippen molar-refractivity contribution in [3.8, 4) is 0 Å². The number of nitrogens with one attached hydrogen (secondary N) is 2. The third kappa shape index (κ3) is 3.45. The minimum atomic E-state index is -0.129. The molecule has 0 radical (unpaired) electrons. The van der Waals surface area contributed by atoms with Crippen LogP contribution in [0.25, 0.3) is 0 Å². The number of aliphatic hydroxyl groups excluding tert-OH is 1. The topological polar surface area (TPSA) is 77.5 Å². The van der Waals surface area contributed by atoms with Gasteiger partial charge in [-0.25, -0.2) is 9.78 Å². The molecule has 4 unspecified atom stereocenters. The summed E-state index contributed by atoms with van der Waals surface area (Å²) in [5, 5.41) is 15.7. The number of carbonyl (C=O) groups is 1. The van der Waals surface area contributed by atoms with Crippen molar-refractivity contribution in [3.63, 3.8) is 0 Å². The molecule has 3 fully saturated rings. The van der Waals surface area contributed by atoms with Crippen molar-refractivity contribution >= 4 is 11.8 Å². The number of amides is 2. The van der Waals surface area contributed by atoms with Crippen LogP contribution in [0.4, 0.5) is 10.6 Å². The van der Waals surface area contributed by atoms with Gasteiger partial charge in [-0.05, 0) is 61.6 Å². The van der Waals surface area contributed by atoms with E-state index in [0.29, 0.717) is 18.4 Å². The first-order valence-corrected chi connectivity index (χ1v) is 9.59. The number of fused-ring (bicyclic) bond motifs is 2. The zero-order valence-electron chi connectivity index (χ0n) is 14.7. The lowest BCUT2D eigenvalue weighted by atomic mass is 9.85. The number of nitrogens with zero attached hydrogens (tertiary/aromatic N) is 2. The molecule has 1 saturated heterocycles. The number of hydrogen-bond donors (Lipinski definition) is 3. The lowest BCUT2D eigenvalue weighted by Gasteiger charge is -2.30. The van der Waals surface area contributed by atoms with Crippen LogP contribution in [0.3, 0.4) is 0 Å². The Balaban J connectivity index is 1.31. The molecule has 6 nitrogen and oxygen atoms in total. The second-order valence-corrected chi connectivity index (χ2v) is 7.75. The normalized spacial score (nSPS) is 30.7. The molecular weight excluding hydrogens is 316 g/mol. The van der Waals surface area contributed by atoms with Gasteiger partial charge in [-0.2, -0.15) is 0 Å². The first-order valence-electron chi connectivity index (χ1n) is 9.59. The fourth-order valence-electron chi connectivity index (χ4n) is 4.97. The first-order chi connectivity index (χ1) is 12.2. The van der Waals surface area contributed by atoms with Gasteiger partial charge in [-0.3, -0.25) is 0 Å². The number of urea groups is 1. The Morgan fingerprint density at radius 2 is 2.08 bits per heavy atom. The maximum absolute atomic E-state index is 12.3. The van der Waals surface area contributed by atoms with E-state index < -0.39 is 0 Å². The molecule has 1 aromatic rings. The van der Waals surface area contributed by atoms with Crippen molar-refractivity contribution in [2.45, 2.75) is 44.7 Å². The van der Waals surface area contributed by atoms with Crippen molar-refractivity contribution in [1.29, 1.82) is 0 Å². The van der Waals surface area contributed by atoms with Crippen LogP contribution in [0.2, 0.25) is 0 Å². The predicted molar refractivity (Wildman–Crippen MR) is 96.3 cm³/mol. The molecule has 2 saturated carbocycles. The third-order valence-electron chi connectivity index (χ3n) is 6.29. The van der Waals surface area contributed by atoms with Crippen molar-refractivity contribution in [3.05, 3.63) is 23.9 Å².